The van der Waals surface area contributed by atoms with Crippen LogP contribution in [0.3, 0.4) is 0 Å². The molecule has 2 aliphatic heterocycles. The maximum absolute atomic E-state index is 12.0. The van der Waals surface area contributed by atoms with E-state index in [2.05, 4.69) is 4.74 Å². The van der Waals surface area contributed by atoms with Gasteiger partial charge in [-0.3, -0.25) is 4.79 Å². The lowest BCUT2D eigenvalue weighted by Gasteiger charge is -2.36. The Balaban J connectivity index is 1.91. The lowest BCUT2D eigenvalue weighted by Crippen LogP contribution is -2.48. The van der Waals surface area contributed by atoms with Crippen molar-refractivity contribution in [1.82, 2.24) is 4.31 Å². The van der Waals surface area contributed by atoms with Crippen molar-refractivity contribution in [2.24, 2.45) is 0 Å². The Kier molecular flexibility index (Phi) is 4.44. The Labute approximate surface area is 112 Å². The van der Waals surface area contributed by atoms with Crippen LogP contribution in [0.4, 0.5) is 0 Å². The van der Waals surface area contributed by atoms with Crippen molar-refractivity contribution in [3.05, 3.63) is 0 Å². The van der Waals surface area contributed by atoms with Crippen molar-refractivity contribution in [3.63, 3.8) is 0 Å². The van der Waals surface area contributed by atoms with E-state index in [0.717, 1.165) is 0 Å². The molecule has 0 saturated carbocycles. The first kappa shape index (κ1) is 14.7. The first-order valence-electron chi connectivity index (χ1n) is 6.39. The standard InChI is InChI=1S/C11H19NO6S/c1-2-16-10(13)9-19(14,15)12-5-3-11(4-6-12)17-7-8-18-11/h2-9H2,1H3. The van der Waals surface area contributed by atoms with Gasteiger partial charge in [0.25, 0.3) is 0 Å². The third kappa shape index (κ3) is 3.44. The van der Waals surface area contributed by atoms with Gasteiger partial charge in [-0.15, -0.1) is 0 Å². The average molecular weight is 293 g/mol. The second kappa shape index (κ2) is 5.74. The first-order chi connectivity index (χ1) is 8.97. The molecule has 110 valence electrons. The van der Waals surface area contributed by atoms with Gasteiger partial charge in [0.2, 0.25) is 10.0 Å². The number of rotatable bonds is 4. The molecule has 2 fully saturated rings. The molecule has 0 aromatic heterocycles. The van der Waals surface area contributed by atoms with Crippen molar-refractivity contribution >= 4 is 16.0 Å². The minimum Gasteiger partial charge on any atom is -0.465 e. The van der Waals surface area contributed by atoms with E-state index >= 15 is 0 Å². The Morgan fingerprint density at radius 1 is 1.26 bits per heavy atom. The zero-order valence-electron chi connectivity index (χ0n) is 11.0. The number of sulfonamides is 1. The van der Waals surface area contributed by atoms with Crippen molar-refractivity contribution in [2.75, 3.05) is 38.7 Å². The van der Waals surface area contributed by atoms with E-state index in [0.29, 0.717) is 39.1 Å². The molecule has 0 radical (unpaired) electrons. The minimum absolute atomic E-state index is 0.180. The zero-order chi connectivity index (χ0) is 13.9. The summed E-state index contributed by atoms with van der Waals surface area (Å²) in [5.41, 5.74) is 0. The SMILES string of the molecule is CCOC(=O)CS(=O)(=O)N1CCC2(CC1)OCCO2. The molecule has 0 N–H and O–H groups in total. The summed E-state index contributed by atoms with van der Waals surface area (Å²) in [6.45, 7) is 3.54. The van der Waals surface area contributed by atoms with Crippen LogP contribution in [0.2, 0.25) is 0 Å². The van der Waals surface area contributed by atoms with Crippen LogP contribution in [0.15, 0.2) is 0 Å². The van der Waals surface area contributed by atoms with Crippen LogP contribution in [0.25, 0.3) is 0 Å². The van der Waals surface area contributed by atoms with Gasteiger partial charge in [0.15, 0.2) is 11.5 Å². The second-order valence-corrected chi connectivity index (χ2v) is 6.54. The summed E-state index contributed by atoms with van der Waals surface area (Å²) >= 11 is 0. The largest absolute Gasteiger partial charge is 0.465 e. The number of ether oxygens (including phenoxy) is 3. The molecular formula is C11H19NO6S. The number of hydrogen-bond acceptors (Lipinski definition) is 6. The van der Waals surface area contributed by atoms with E-state index in [1.807, 2.05) is 0 Å². The molecule has 0 aromatic carbocycles. The van der Waals surface area contributed by atoms with Gasteiger partial charge in [0.05, 0.1) is 19.8 Å². The van der Waals surface area contributed by atoms with Crippen LogP contribution in [0.1, 0.15) is 19.8 Å². The fourth-order valence-corrected chi connectivity index (χ4v) is 3.64. The molecule has 19 heavy (non-hydrogen) atoms. The molecule has 0 aromatic rings. The summed E-state index contributed by atoms with van der Waals surface area (Å²) in [5, 5.41) is 0. The van der Waals surface area contributed by atoms with Crippen LogP contribution in [-0.2, 0) is 29.0 Å². The van der Waals surface area contributed by atoms with Crippen molar-refractivity contribution < 1.29 is 27.4 Å². The third-order valence-corrected chi connectivity index (χ3v) is 5.05. The summed E-state index contributed by atoms with van der Waals surface area (Å²) in [5.74, 6) is -1.93. The number of carbonyl (C=O) groups is 1. The molecule has 0 amide bonds. The molecular weight excluding hydrogens is 274 g/mol. The number of carbonyl (C=O) groups excluding carboxylic acids is 1. The highest BCUT2D eigenvalue weighted by molar-refractivity contribution is 7.89. The van der Waals surface area contributed by atoms with E-state index in [1.165, 1.54) is 4.31 Å². The quantitative estimate of drug-likeness (QED) is 0.663. The summed E-state index contributed by atoms with van der Waals surface area (Å²) in [4.78, 5) is 11.3. The Bertz CT molecular complexity index is 418. The molecule has 0 bridgehead atoms. The summed E-state index contributed by atoms with van der Waals surface area (Å²) < 4.78 is 41.1. The van der Waals surface area contributed by atoms with Gasteiger partial charge in [0, 0.05) is 25.9 Å². The smallest absolute Gasteiger partial charge is 0.322 e. The molecule has 0 atom stereocenters. The Morgan fingerprint density at radius 2 is 1.84 bits per heavy atom. The van der Waals surface area contributed by atoms with Crippen LogP contribution in [0, 0.1) is 0 Å². The van der Waals surface area contributed by atoms with Gasteiger partial charge >= 0.3 is 5.97 Å². The van der Waals surface area contributed by atoms with Crippen molar-refractivity contribution in [2.45, 2.75) is 25.6 Å². The van der Waals surface area contributed by atoms with E-state index in [1.54, 1.807) is 6.92 Å². The summed E-state index contributed by atoms with van der Waals surface area (Å²) in [6, 6.07) is 0. The number of piperidine rings is 1. The summed E-state index contributed by atoms with van der Waals surface area (Å²) in [7, 11) is -3.60. The van der Waals surface area contributed by atoms with E-state index in [-0.39, 0.29) is 6.61 Å². The van der Waals surface area contributed by atoms with Gasteiger partial charge in [0.1, 0.15) is 0 Å². The molecule has 2 saturated heterocycles. The maximum atomic E-state index is 12.0. The van der Waals surface area contributed by atoms with Crippen molar-refractivity contribution in [3.8, 4) is 0 Å². The van der Waals surface area contributed by atoms with Crippen LogP contribution < -0.4 is 0 Å². The highest BCUT2D eigenvalue weighted by Crippen LogP contribution is 2.32. The van der Waals surface area contributed by atoms with E-state index < -0.39 is 27.5 Å². The molecule has 1 spiro atoms. The number of nitrogens with zero attached hydrogens (tertiary/aromatic N) is 1. The normalized spacial score (nSPS) is 23.6. The fourth-order valence-electron chi connectivity index (χ4n) is 2.33. The molecule has 0 aliphatic carbocycles. The molecule has 0 unspecified atom stereocenters. The molecule has 2 heterocycles. The fraction of sp³-hybridized carbons (Fsp3) is 0.909. The van der Waals surface area contributed by atoms with E-state index in [4.69, 9.17) is 9.47 Å². The molecule has 2 rings (SSSR count). The Hall–Kier alpha value is -0.700. The van der Waals surface area contributed by atoms with E-state index in [9.17, 15) is 13.2 Å². The van der Waals surface area contributed by atoms with Gasteiger partial charge in [-0.1, -0.05) is 0 Å². The predicted molar refractivity (Wildman–Crippen MR) is 65.9 cm³/mol. The molecule has 2 aliphatic rings. The van der Waals surface area contributed by atoms with Crippen LogP contribution >= 0.6 is 0 Å². The Morgan fingerprint density at radius 3 is 2.37 bits per heavy atom. The molecule has 7 nitrogen and oxygen atoms in total. The highest BCUT2D eigenvalue weighted by atomic mass is 32.2. The highest BCUT2D eigenvalue weighted by Gasteiger charge is 2.42. The summed E-state index contributed by atoms with van der Waals surface area (Å²) in [6.07, 6.45) is 0.990. The van der Waals surface area contributed by atoms with Gasteiger partial charge < -0.3 is 14.2 Å². The lowest BCUT2D eigenvalue weighted by atomic mass is 10.1. The first-order valence-corrected chi connectivity index (χ1v) is 8.00. The minimum atomic E-state index is -3.60. The van der Waals surface area contributed by atoms with Gasteiger partial charge in [-0.25, -0.2) is 12.7 Å². The predicted octanol–water partition coefficient (Wildman–Crippen LogP) is -0.282. The maximum Gasteiger partial charge on any atom is 0.322 e. The zero-order valence-corrected chi connectivity index (χ0v) is 11.8. The van der Waals surface area contributed by atoms with Gasteiger partial charge in [-0.2, -0.15) is 0 Å². The topological polar surface area (TPSA) is 82.1 Å². The van der Waals surface area contributed by atoms with Gasteiger partial charge in [-0.05, 0) is 6.92 Å². The monoisotopic (exact) mass is 293 g/mol. The number of hydrogen-bond donors (Lipinski definition) is 0. The number of esters is 1. The van der Waals surface area contributed by atoms with Crippen LogP contribution in [0.5, 0.6) is 0 Å². The lowest BCUT2D eigenvalue weighted by molar-refractivity contribution is -0.179. The van der Waals surface area contributed by atoms with Crippen molar-refractivity contribution in [1.29, 1.82) is 0 Å². The third-order valence-electron chi connectivity index (χ3n) is 3.30. The molecule has 8 heteroatoms. The van der Waals surface area contributed by atoms with Crippen LogP contribution in [-0.4, -0.2) is 63.1 Å². The second-order valence-electron chi connectivity index (χ2n) is 4.57. The average Bonchev–Trinajstić information content (AvgIpc) is 2.77.